The maximum Gasteiger partial charge on any atom is 0.253 e. The van der Waals surface area contributed by atoms with E-state index in [1.165, 1.54) is 12.2 Å². The van der Waals surface area contributed by atoms with Crippen LogP contribution in [0, 0.1) is 19.1 Å². The molecule has 1 atom stereocenters. The van der Waals surface area contributed by atoms with E-state index in [0.29, 0.717) is 30.5 Å². The molecule has 6 amide bonds. The number of nitrogens with one attached hydrogen (secondary N) is 4. The van der Waals surface area contributed by atoms with Gasteiger partial charge >= 0.3 is 0 Å². The average molecular weight is 1250 g/mol. The second kappa shape index (κ2) is 32.0. The fraction of sp³-hybridized carbons (Fsp3) is 0.263. The molecular formula is C57H58IrN9O10S-3. The Morgan fingerprint density at radius 1 is 0.628 bits per heavy atom. The van der Waals surface area contributed by atoms with Crippen LogP contribution in [-0.2, 0) is 63.7 Å². The summed E-state index contributed by atoms with van der Waals surface area (Å²) in [6.45, 7) is 2.68. The molecule has 1 aliphatic rings. The Kier molecular flexibility index (Phi) is 25.0. The third-order valence-corrected chi connectivity index (χ3v) is 12.3. The number of hydrogen-bond donors (Lipinski definition) is 4. The number of benzene rings is 3. The van der Waals surface area contributed by atoms with E-state index in [2.05, 4.69) is 53.3 Å². The van der Waals surface area contributed by atoms with Crippen LogP contribution in [-0.4, -0.2) is 118 Å². The van der Waals surface area contributed by atoms with Gasteiger partial charge in [-0.15, -0.1) is 71.8 Å². The van der Waals surface area contributed by atoms with Crippen LogP contribution in [0.25, 0.3) is 44.3 Å². The van der Waals surface area contributed by atoms with Crippen LogP contribution in [0.2, 0.25) is 0 Å². The number of rotatable bonds is 23. The van der Waals surface area contributed by atoms with Crippen molar-refractivity contribution in [1.29, 1.82) is 0 Å². The van der Waals surface area contributed by atoms with Crippen molar-refractivity contribution in [2.45, 2.75) is 57.9 Å². The third-order valence-electron chi connectivity index (χ3n) is 11.6. The number of pyridine rings is 4. The monoisotopic (exact) mass is 1250 g/mol. The van der Waals surface area contributed by atoms with Gasteiger partial charge in [-0.1, -0.05) is 30.3 Å². The number of amides is 6. The summed E-state index contributed by atoms with van der Waals surface area (Å²) >= 11 is 0. The first-order valence-corrected chi connectivity index (χ1v) is 26.4. The molecule has 0 spiro atoms. The van der Waals surface area contributed by atoms with Gasteiger partial charge < -0.3 is 40.5 Å². The molecule has 0 fully saturated rings. The topological polar surface area (TPSA) is 272 Å². The molecule has 0 saturated heterocycles. The van der Waals surface area contributed by atoms with E-state index in [9.17, 15) is 41.7 Å². The molecule has 19 nitrogen and oxygen atoms in total. The zero-order valence-electron chi connectivity index (χ0n) is 42.7. The Hall–Kier alpha value is -7.94. The van der Waals surface area contributed by atoms with Crippen molar-refractivity contribution in [2.75, 3.05) is 43.9 Å². The summed E-state index contributed by atoms with van der Waals surface area (Å²) in [4.78, 5) is 91.3. The predicted molar refractivity (Wildman–Crippen MR) is 289 cm³/mol. The average Bonchev–Trinajstić information content (AvgIpc) is 3.77. The van der Waals surface area contributed by atoms with Gasteiger partial charge in [-0.2, -0.15) is 0 Å². The third kappa shape index (κ3) is 20.2. The summed E-state index contributed by atoms with van der Waals surface area (Å²) in [5, 5.41) is 12.0. The summed E-state index contributed by atoms with van der Waals surface area (Å²) < 4.78 is 39.6. The summed E-state index contributed by atoms with van der Waals surface area (Å²) in [5.41, 5.74) is 7.03. The zero-order valence-corrected chi connectivity index (χ0v) is 45.9. The normalized spacial score (nSPS) is 12.1. The second-order valence-electron chi connectivity index (χ2n) is 17.3. The Morgan fingerprint density at radius 3 is 1.78 bits per heavy atom. The number of aryl methyl sites for hydroxylation is 1. The number of nitrogens with zero attached hydrogens (tertiary/aromatic N) is 5. The maximum absolute atomic E-state index is 12.7. The van der Waals surface area contributed by atoms with Gasteiger partial charge in [0.25, 0.3) is 11.8 Å². The number of ether oxygens (including phenoxy) is 1. The van der Waals surface area contributed by atoms with Crippen molar-refractivity contribution in [3.05, 3.63) is 164 Å². The minimum absolute atomic E-state index is 0. The Labute approximate surface area is 466 Å². The minimum Gasteiger partial charge on any atom is -0.748 e. The molecule has 5 heterocycles. The Morgan fingerprint density at radius 2 is 1.19 bits per heavy atom. The first-order valence-electron chi connectivity index (χ1n) is 24.8. The predicted octanol–water partition coefficient (Wildman–Crippen LogP) is 6.06. The maximum atomic E-state index is 12.7. The molecule has 3 aromatic carbocycles. The molecule has 0 aliphatic carbocycles. The molecule has 4 aromatic heterocycles. The number of carbonyl (C=O) groups is 6. The van der Waals surface area contributed by atoms with Gasteiger partial charge in [-0.25, -0.2) is 8.42 Å². The number of hydrogen-bond acceptors (Lipinski definition) is 14. The van der Waals surface area contributed by atoms with Gasteiger partial charge in [0, 0.05) is 100 Å². The molecule has 1 aliphatic heterocycles. The number of anilines is 1. The first-order chi connectivity index (χ1) is 37.3. The van der Waals surface area contributed by atoms with E-state index < -0.39 is 45.5 Å². The molecule has 1 unspecified atom stereocenters. The van der Waals surface area contributed by atoms with Crippen molar-refractivity contribution in [2.24, 2.45) is 0 Å². The second-order valence-corrected chi connectivity index (χ2v) is 18.7. The molecule has 78 heavy (non-hydrogen) atoms. The van der Waals surface area contributed by atoms with Crippen molar-refractivity contribution >= 4 is 73.1 Å². The van der Waals surface area contributed by atoms with Gasteiger partial charge in [0.15, 0.2) is 0 Å². The molecular weight excluding hydrogens is 1190 g/mol. The SMILES string of the molecule is Cc1ccnc2c1ccc1c(NC(=O)CCCCC(=O)NC(CS(=O)(=O)[O-])C(=O)NCCCCC(=O)NCCOCCN3C(=O)C=CC3=O)ccnc12.[Ir].[c-]1ccccc1-c1ccccn1.[c-]1ccccc1-c1ccccn1. The smallest absolute Gasteiger partial charge is 0.253 e. The minimum atomic E-state index is -4.87. The summed E-state index contributed by atoms with van der Waals surface area (Å²) in [6, 6.07) is 39.4. The van der Waals surface area contributed by atoms with Crippen LogP contribution in [0.1, 0.15) is 50.5 Å². The number of aromatic nitrogens is 4. The fourth-order valence-electron chi connectivity index (χ4n) is 7.67. The van der Waals surface area contributed by atoms with Gasteiger partial charge in [-0.05, 0) is 79.9 Å². The van der Waals surface area contributed by atoms with Crippen molar-refractivity contribution in [1.82, 2.24) is 40.8 Å². The number of fused-ring (bicyclic) bond motifs is 3. The standard InChI is InChI=1S/C35H43N7O10S.2C11H8N.Ir/c1-23-13-16-37-33-24(23)9-10-25-26(14-17-38-34(25)33)40-29(44)7-2-3-8-30(45)41-27(22-53(49,50)51)35(48)39-15-5-4-6-28(43)36-18-20-52-21-19-42-31(46)11-12-32(42)47;2*1-2-6-10(7-3-1)11-8-4-5-9-12-11;/h9-14,16-17,27H,2-8,15,18-22H2,1H3,(H,36,43)(H,39,48)(H,41,45)(H,38,40,44)(H,49,50,51);2*1-6,8-9H;/q;2*-1;/p-1. The fourth-order valence-corrected chi connectivity index (χ4v) is 8.31. The quantitative estimate of drug-likeness (QED) is 0.0187. The van der Waals surface area contributed by atoms with Gasteiger partial charge in [-0.3, -0.25) is 43.6 Å². The molecule has 409 valence electrons. The van der Waals surface area contributed by atoms with Crippen LogP contribution < -0.4 is 21.3 Å². The number of unbranched alkanes of at least 4 members (excludes halogenated alkanes) is 2. The Balaban J connectivity index is 0.000000360. The van der Waals surface area contributed by atoms with Crippen molar-refractivity contribution in [3.63, 3.8) is 0 Å². The molecule has 0 saturated carbocycles. The Bertz CT molecular complexity index is 3070. The van der Waals surface area contributed by atoms with Gasteiger partial charge in [0.2, 0.25) is 23.6 Å². The molecule has 8 rings (SSSR count). The largest absolute Gasteiger partial charge is 0.748 e. The molecule has 1 radical (unpaired) electrons. The molecule has 4 N–H and O–H groups in total. The summed E-state index contributed by atoms with van der Waals surface area (Å²) in [5.74, 6) is -3.98. The van der Waals surface area contributed by atoms with E-state index in [4.69, 9.17) is 4.74 Å². The zero-order chi connectivity index (χ0) is 54.8. The van der Waals surface area contributed by atoms with Crippen LogP contribution in [0.15, 0.2) is 146 Å². The molecule has 0 bridgehead atoms. The van der Waals surface area contributed by atoms with Crippen LogP contribution in [0.3, 0.4) is 0 Å². The van der Waals surface area contributed by atoms with E-state index in [0.717, 1.165) is 49.3 Å². The summed E-state index contributed by atoms with van der Waals surface area (Å²) in [7, 11) is -4.87. The summed E-state index contributed by atoms with van der Waals surface area (Å²) in [6.07, 6.45) is 10.7. The number of carbonyl (C=O) groups excluding carboxylic acids is 6. The van der Waals surface area contributed by atoms with E-state index >= 15 is 0 Å². The van der Waals surface area contributed by atoms with Crippen molar-refractivity contribution < 1.29 is 66.6 Å². The van der Waals surface area contributed by atoms with E-state index in [1.807, 2.05) is 110 Å². The van der Waals surface area contributed by atoms with Gasteiger partial charge in [0.1, 0.15) is 6.04 Å². The van der Waals surface area contributed by atoms with Crippen LogP contribution >= 0.6 is 0 Å². The van der Waals surface area contributed by atoms with Crippen molar-refractivity contribution in [3.8, 4) is 22.5 Å². The van der Waals surface area contributed by atoms with Crippen LogP contribution in [0.5, 0.6) is 0 Å². The molecule has 7 aromatic rings. The van der Waals surface area contributed by atoms with Gasteiger partial charge in [0.05, 0.1) is 52.4 Å². The van der Waals surface area contributed by atoms with Crippen LogP contribution in [0.4, 0.5) is 5.69 Å². The van der Waals surface area contributed by atoms with E-state index in [-0.39, 0.29) is 90.5 Å². The number of imide groups is 1. The van der Waals surface area contributed by atoms with E-state index in [1.54, 1.807) is 30.9 Å². The molecule has 21 heteroatoms. The first kappa shape index (κ1) is 60.9.